The normalized spacial score (nSPS) is 16.9. The molecule has 0 bridgehead atoms. The standard InChI is InChI=1S/C7H17ClN2O2S/c1-6(10-4-3-9)5-13(11,12)7(2)8/h6-7,10H,3-5,9H2,1-2H3. The van der Waals surface area contributed by atoms with Gasteiger partial charge in [0.15, 0.2) is 9.84 Å². The van der Waals surface area contributed by atoms with Crippen molar-refractivity contribution in [1.29, 1.82) is 0 Å². The van der Waals surface area contributed by atoms with Gasteiger partial charge in [-0.1, -0.05) is 0 Å². The van der Waals surface area contributed by atoms with E-state index >= 15 is 0 Å². The SMILES string of the molecule is CC(CS(=O)(=O)C(C)Cl)NCCN. The van der Waals surface area contributed by atoms with E-state index in [1.807, 2.05) is 0 Å². The molecule has 3 N–H and O–H groups in total. The number of hydrogen-bond donors (Lipinski definition) is 2. The Hall–Kier alpha value is 0.160. The third-order valence-electron chi connectivity index (χ3n) is 1.61. The first-order chi connectivity index (χ1) is 5.90. The van der Waals surface area contributed by atoms with Crippen LogP contribution in [0.4, 0.5) is 0 Å². The van der Waals surface area contributed by atoms with E-state index in [4.69, 9.17) is 17.3 Å². The zero-order valence-electron chi connectivity index (χ0n) is 7.96. The number of nitrogens with two attached hydrogens (primary N) is 1. The Labute approximate surface area is 84.7 Å². The molecule has 13 heavy (non-hydrogen) atoms. The van der Waals surface area contributed by atoms with Crippen molar-refractivity contribution in [2.24, 2.45) is 5.73 Å². The molecule has 0 saturated heterocycles. The van der Waals surface area contributed by atoms with Crippen LogP contribution in [0, 0.1) is 0 Å². The number of rotatable bonds is 6. The Bertz CT molecular complexity index is 229. The summed E-state index contributed by atoms with van der Waals surface area (Å²) in [5, 5.41) is 2.98. The zero-order valence-corrected chi connectivity index (χ0v) is 9.53. The van der Waals surface area contributed by atoms with Gasteiger partial charge in [-0.15, -0.1) is 11.6 Å². The second-order valence-electron chi connectivity index (χ2n) is 3.02. The largest absolute Gasteiger partial charge is 0.329 e. The van der Waals surface area contributed by atoms with Crippen molar-refractivity contribution in [2.75, 3.05) is 18.8 Å². The lowest BCUT2D eigenvalue weighted by Gasteiger charge is -2.14. The quantitative estimate of drug-likeness (QED) is 0.624. The molecule has 0 spiro atoms. The first-order valence-electron chi connectivity index (χ1n) is 4.19. The molecule has 0 aliphatic carbocycles. The molecular formula is C7H17ClN2O2S. The van der Waals surface area contributed by atoms with E-state index < -0.39 is 14.5 Å². The molecule has 0 aromatic rings. The smallest absolute Gasteiger partial charge is 0.168 e. The van der Waals surface area contributed by atoms with E-state index in [0.717, 1.165) is 0 Å². The van der Waals surface area contributed by atoms with E-state index in [1.165, 1.54) is 6.92 Å². The molecule has 0 rings (SSSR count). The van der Waals surface area contributed by atoms with E-state index in [-0.39, 0.29) is 11.8 Å². The molecule has 0 fully saturated rings. The molecule has 0 radical (unpaired) electrons. The van der Waals surface area contributed by atoms with Crippen molar-refractivity contribution < 1.29 is 8.42 Å². The second kappa shape index (κ2) is 5.80. The van der Waals surface area contributed by atoms with Gasteiger partial charge in [0.05, 0.1) is 5.75 Å². The van der Waals surface area contributed by atoms with Gasteiger partial charge in [0, 0.05) is 19.1 Å². The molecule has 80 valence electrons. The maximum absolute atomic E-state index is 11.3. The van der Waals surface area contributed by atoms with E-state index in [9.17, 15) is 8.42 Å². The fourth-order valence-electron chi connectivity index (χ4n) is 0.870. The molecule has 0 aliphatic heterocycles. The summed E-state index contributed by atoms with van der Waals surface area (Å²) in [5.74, 6) is 0.0532. The Morgan fingerprint density at radius 3 is 2.38 bits per heavy atom. The maximum Gasteiger partial charge on any atom is 0.168 e. The topological polar surface area (TPSA) is 72.2 Å². The highest BCUT2D eigenvalue weighted by Gasteiger charge is 2.20. The number of sulfone groups is 1. The molecule has 0 aromatic heterocycles. The van der Waals surface area contributed by atoms with Gasteiger partial charge in [-0.05, 0) is 13.8 Å². The van der Waals surface area contributed by atoms with E-state index in [0.29, 0.717) is 13.1 Å². The summed E-state index contributed by atoms with van der Waals surface area (Å²) in [6.45, 7) is 4.38. The summed E-state index contributed by atoms with van der Waals surface area (Å²) >= 11 is 5.51. The van der Waals surface area contributed by atoms with Gasteiger partial charge in [0.2, 0.25) is 0 Å². The van der Waals surface area contributed by atoms with Crippen molar-refractivity contribution in [3.8, 4) is 0 Å². The lowest BCUT2D eigenvalue weighted by molar-refractivity contribution is 0.559. The molecule has 0 heterocycles. The zero-order chi connectivity index (χ0) is 10.5. The van der Waals surface area contributed by atoms with Crippen LogP contribution in [-0.2, 0) is 9.84 Å². The van der Waals surface area contributed by atoms with Crippen LogP contribution in [-0.4, -0.2) is 38.0 Å². The van der Waals surface area contributed by atoms with Crippen LogP contribution in [0.2, 0.25) is 0 Å². The molecule has 0 amide bonds. The maximum atomic E-state index is 11.3. The lowest BCUT2D eigenvalue weighted by atomic mass is 10.4. The van der Waals surface area contributed by atoms with Crippen LogP contribution in [0.25, 0.3) is 0 Å². The molecule has 2 unspecified atom stereocenters. The fraction of sp³-hybridized carbons (Fsp3) is 1.00. The average Bonchev–Trinajstić information content (AvgIpc) is 1.99. The minimum Gasteiger partial charge on any atom is -0.329 e. The van der Waals surface area contributed by atoms with Crippen LogP contribution in [0.5, 0.6) is 0 Å². The predicted octanol–water partition coefficient (Wildman–Crippen LogP) is -0.0772. The molecule has 2 atom stereocenters. The number of nitrogens with one attached hydrogen (secondary N) is 1. The van der Waals surface area contributed by atoms with Gasteiger partial charge in [-0.3, -0.25) is 0 Å². The molecule has 4 nitrogen and oxygen atoms in total. The lowest BCUT2D eigenvalue weighted by Crippen LogP contribution is -2.37. The minimum absolute atomic E-state index is 0.0532. The van der Waals surface area contributed by atoms with Crippen molar-refractivity contribution in [1.82, 2.24) is 5.32 Å². The first kappa shape index (κ1) is 13.2. The summed E-state index contributed by atoms with van der Waals surface area (Å²) in [5.41, 5.74) is 5.26. The van der Waals surface area contributed by atoms with Gasteiger partial charge in [-0.25, -0.2) is 8.42 Å². The Kier molecular flexibility index (Phi) is 5.87. The number of hydrogen-bond acceptors (Lipinski definition) is 4. The summed E-state index contributed by atoms with van der Waals surface area (Å²) in [6.07, 6.45) is 0. The number of halogens is 1. The van der Waals surface area contributed by atoms with Crippen LogP contribution in [0.1, 0.15) is 13.8 Å². The average molecular weight is 229 g/mol. The molecular weight excluding hydrogens is 212 g/mol. The summed E-state index contributed by atoms with van der Waals surface area (Å²) in [7, 11) is -3.17. The molecule has 6 heteroatoms. The van der Waals surface area contributed by atoms with Crippen LogP contribution >= 0.6 is 11.6 Å². The fourth-order valence-corrected chi connectivity index (χ4v) is 2.17. The van der Waals surface area contributed by atoms with Gasteiger partial charge in [-0.2, -0.15) is 0 Å². The third-order valence-corrected chi connectivity index (χ3v) is 4.38. The monoisotopic (exact) mass is 228 g/mol. The summed E-state index contributed by atoms with van der Waals surface area (Å²) in [6, 6.07) is -0.102. The first-order valence-corrected chi connectivity index (χ1v) is 6.34. The predicted molar refractivity (Wildman–Crippen MR) is 55.6 cm³/mol. The molecule has 0 saturated carbocycles. The van der Waals surface area contributed by atoms with Gasteiger partial charge in [0.25, 0.3) is 0 Å². The minimum atomic E-state index is -3.17. The summed E-state index contributed by atoms with van der Waals surface area (Å²) in [4.78, 5) is 0. The van der Waals surface area contributed by atoms with Crippen LogP contribution in [0.15, 0.2) is 0 Å². The van der Waals surface area contributed by atoms with Gasteiger partial charge < -0.3 is 11.1 Å². The Balaban J connectivity index is 3.98. The van der Waals surface area contributed by atoms with E-state index in [2.05, 4.69) is 5.32 Å². The molecule has 0 aliphatic rings. The van der Waals surface area contributed by atoms with Gasteiger partial charge in [0.1, 0.15) is 4.71 Å². The van der Waals surface area contributed by atoms with Crippen LogP contribution < -0.4 is 11.1 Å². The Morgan fingerprint density at radius 2 is 2.00 bits per heavy atom. The van der Waals surface area contributed by atoms with E-state index in [1.54, 1.807) is 6.92 Å². The second-order valence-corrected chi connectivity index (χ2v) is 6.30. The molecule has 0 aromatic carbocycles. The van der Waals surface area contributed by atoms with Gasteiger partial charge >= 0.3 is 0 Å². The van der Waals surface area contributed by atoms with Crippen molar-refractivity contribution in [3.63, 3.8) is 0 Å². The van der Waals surface area contributed by atoms with Crippen LogP contribution in [0.3, 0.4) is 0 Å². The summed E-state index contributed by atoms with van der Waals surface area (Å²) < 4.78 is 21.8. The van der Waals surface area contributed by atoms with Crippen molar-refractivity contribution in [3.05, 3.63) is 0 Å². The number of alkyl halides is 1. The highest BCUT2D eigenvalue weighted by atomic mass is 35.5. The highest BCUT2D eigenvalue weighted by Crippen LogP contribution is 2.07. The Morgan fingerprint density at radius 1 is 1.46 bits per heavy atom. The van der Waals surface area contributed by atoms with Crippen molar-refractivity contribution >= 4 is 21.4 Å². The highest BCUT2D eigenvalue weighted by molar-refractivity contribution is 7.93. The van der Waals surface area contributed by atoms with Crippen molar-refractivity contribution in [2.45, 2.75) is 24.6 Å². The third kappa shape index (κ3) is 5.46.